The van der Waals surface area contributed by atoms with Gasteiger partial charge in [0.1, 0.15) is 0 Å². The van der Waals surface area contributed by atoms with E-state index in [1.165, 1.54) is 7.05 Å². The van der Waals surface area contributed by atoms with E-state index in [9.17, 15) is 13.7 Å². The molecule has 1 unspecified atom stereocenters. The van der Waals surface area contributed by atoms with Crippen molar-refractivity contribution in [3.63, 3.8) is 0 Å². The lowest BCUT2D eigenvalue weighted by Crippen LogP contribution is -2.44. The molecule has 0 amide bonds. The molecule has 0 heterocycles. The normalized spacial score (nSPS) is 15.0. The van der Waals surface area contributed by atoms with E-state index in [0.717, 1.165) is 38.5 Å². The first kappa shape index (κ1) is 17.4. The van der Waals surface area contributed by atoms with Crippen LogP contribution < -0.4 is 4.72 Å². The Morgan fingerprint density at radius 2 is 1.61 bits per heavy atom. The van der Waals surface area contributed by atoms with Gasteiger partial charge in [-0.2, -0.15) is 5.26 Å². The van der Waals surface area contributed by atoms with Crippen molar-refractivity contribution in [1.82, 2.24) is 4.72 Å². The number of rotatable bonds is 10. The van der Waals surface area contributed by atoms with Crippen LogP contribution in [0.2, 0.25) is 0 Å². The zero-order valence-electron chi connectivity index (χ0n) is 11.8. The first-order chi connectivity index (χ1) is 8.49. The van der Waals surface area contributed by atoms with Crippen LogP contribution in [0.25, 0.3) is 0 Å². The molecule has 1 N–H and O–H groups in total. The van der Waals surface area contributed by atoms with Crippen LogP contribution in [0.15, 0.2) is 0 Å². The summed E-state index contributed by atoms with van der Waals surface area (Å²) in [5.74, 6) is 0. The fraction of sp³-hybridized carbons (Fsp3) is 0.923. The Bertz CT molecular complexity index is 360. The maximum Gasteiger partial charge on any atom is 0.230 e. The van der Waals surface area contributed by atoms with E-state index < -0.39 is 14.8 Å². The van der Waals surface area contributed by atoms with Gasteiger partial charge in [-0.1, -0.05) is 52.4 Å². The summed E-state index contributed by atoms with van der Waals surface area (Å²) in [6, 6.07) is 2.07. The number of sulfonamides is 1. The van der Waals surface area contributed by atoms with Gasteiger partial charge < -0.3 is 0 Å². The van der Waals surface area contributed by atoms with Crippen LogP contribution in [0.1, 0.15) is 65.2 Å². The molecule has 1 atom stereocenters. The number of unbranched alkanes of at least 4 members (excludes halogenated alkanes) is 4. The van der Waals surface area contributed by atoms with E-state index in [-0.39, 0.29) is 0 Å². The van der Waals surface area contributed by atoms with Crippen molar-refractivity contribution >= 4 is 10.0 Å². The number of nitrogens with zero attached hydrogens (tertiary/aromatic N) is 1. The zero-order valence-corrected chi connectivity index (χ0v) is 12.6. The molecule has 0 aromatic rings. The van der Waals surface area contributed by atoms with Crippen molar-refractivity contribution in [3.8, 4) is 6.07 Å². The molecule has 0 fully saturated rings. The molecule has 0 aliphatic carbocycles. The summed E-state index contributed by atoms with van der Waals surface area (Å²) in [5, 5.41) is 9.36. The van der Waals surface area contributed by atoms with Gasteiger partial charge in [-0.25, -0.2) is 13.1 Å². The van der Waals surface area contributed by atoms with Gasteiger partial charge in [0.25, 0.3) is 0 Å². The monoisotopic (exact) mass is 274 g/mol. The smallest absolute Gasteiger partial charge is 0.217 e. The molecule has 106 valence electrons. The third-order valence-electron chi connectivity index (χ3n) is 3.36. The average molecular weight is 274 g/mol. The van der Waals surface area contributed by atoms with Gasteiger partial charge in [-0.15, -0.1) is 0 Å². The van der Waals surface area contributed by atoms with Gasteiger partial charge in [0, 0.05) is 0 Å². The summed E-state index contributed by atoms with van der Waals surface area (Å²) in [6.45, 7) is 4.12. The van der Waals surface area contributed by atoms with Gasteiger partial charge in [-0.3, -0.25) is 0 Å². The largest absolute Gasteiger partial charge is 0.230 e. The minimum atomic E-state index is -3.54. The first-order valence-corrected chi connectivity index (χ1v) is 8.32. The lowest BCUT2D eigenvalue weighted by atomic mass is 9.95. The van der Waals surface area contributed by atoms with Crippen molar-refractivity contribution in [2.75, 3.05) is 7.05 Å². The molecule has 0 aliphatic rings. The van der Waals surface area contributed by atoms with Gasteiger partial charge in [0.2, 0.25) is 10.0 Å². The Kier molecular flexibility index (Phi) is 8.21. The molecule has 0 rings (SSSR count). The van der Waals surface area contributed by atoms with Crippen LogP contribution in [0.3, 0.4) is 0 Å². The minimum Gasteiger partial charge on any atom is -0.217 e. The predicted octanol–water partition coefficient (Wildman–Crippen LogP) is 2.96. The van der Waals surface area contributed by atoms with Gasteiger partial charge >= 0.3 is 0 Å². The van der Waals surface area contributed by atoms with E-state index in [1.54, 1.807) is 0 Å². The Morgan fingerprint density at radius 3 is 2.06 bits per heavy atom. The highest BCUT2D eigenvalue weighted by Crippen LogP contribution is 2.29. The van der Waals surface area contributed by atoms with Gasteiger partial charge in [-0.05, 0) is 19.9 Å². The van der Waals surface area contributed by atoms with E-state index in [1.807, 2.05) is 6.92 Å². The second-order valence-electron chi connectivity index (χ2n) is 4.73. The maximum absolute atomic E-state index is 12.1. The SMILES string of the molecule is CCCCCCC(C#N)(CCCC)S(=O)(=O)NC. The summed E-state index contributed by atoms with van der Waals surface area (Å²) < 4.78 is 25.3. The molecule has 0 aliphatic heterocycles. The van der Waals surface area contributed by atoms with E-state index in [0.29, 0.717) is 12.8 Å². The Labute approximate surface area is 112 Å². The summed E-state index contributed by atoms with van der Waals surface area (Å²) in [5.41, 5.74) is 0. The van der Waals surface area contributed by atoms with Crippen molar-refractivity contribution in [3.05, 3.63) is 0 Å². The predicted molar refractivity (Wildman–Crippen MR) is 74.6 cm³/mol. The van der Waals surface area contributed by atoms with E-state index in [4.69, 9.17) is 0 Å². The summed E-state index contributed by atoms with van der Waals surface area (Å²) >= 11 is 0. The number of hydrogen-bond donors (Lipinski definition) is 1. The minimum absolute atomic E-state index is 0.426. The van der Waals surface area contributed by atoms with Crippen molar-refractivity contribution < 1.29 is 8.42 Å². The zero-order chi connectivity index (χ0) is 14.1. The van der Waals surface area contributed by atoms with E-state index >= 15 is 0 Å². The lowest BCUT2D eigenvalue weighted by Gasteiger charge is -2.25. The highest BCUT2D eigenvalue weighted by Gasteiger charge is 2.42. The fourth-order valence-corrected chi connectivity index (χ4v) is 3.40. The third-order valence-corrected chi connectivity index (χ3v) is 5.42. The van der Waals surface area contributed by atoms with Crippen LogP contribution in [0, 0.1) is 11.3 Å². The van der Waals surface area contributed by atoms with Crippen LogP contribution >= 0.6 is 0 Å². The molecule has 0 bridgehead atoms. The Morgan fingerprint density at radius 1 is 1.06 bits per heavy atom. The standard InChI is InChI=1S/C13H26N2O2S/c1-4-6-8-9-11-13(12-14,10-7-5-2)18(16,17)15-3/h15H,4-11H2,1-3H3. The number of nitriles is 1. The van der Waals surface area contributed by atoms with Crippen LogP contribution in [0.5, 0.6) is 0 Å². The van der Waals surface area contributed by atoms with Crippen LogP contribution in [-0.4, -0.2) is 20.2 Å². The highest BCUT2D eigenvalue weighted by molar-refractivity contribution is 7.91. The summed E-state index contributed by atoms with van der Waals surface area (Å²) in [7, 11) is -2.15. The molecular formula is C13H26N2O2S. The molecule has 0 radical (unpaired) electrons. The molecule has 0 aromatic heterocycles. The number of hydrogen-bond acceptors (Lipinski definition) is 3. The fourth-order valence-electron chi connectivity index (χ4n) is 2.06. The third kappa shape index (κ3) is 4.58. The van der Waals surface area contributed by atoms with Crippen molar-refractivity contribution in [2.45, 2.75) is 70.0 Å². The quantitative estimate of drug-likeness (QED) is 0.623. The second-order valence-corrected chi connectivity index (χ2v) is 6.92. The van der Waals surface area contributed by atoms with Crippen molar-refractivity contribution in [2.24, 2.45) is 0 Å². The number of nitrogens with one attached hydrogen (secondary N) is 1. The molecule has 18 heavy (non-hydrogen) atoms. The van der Waals surface area contributed by atoms with Gasteiger partial charge in [0.05, 0.1) is 6.07 Å². The molecule has 5 heteroatoms. The van der Waals surface area contributed by atoms with Crippen LogP contribution in [-0.2, 0) is 10.0 Å². The van der Waals surface area contributed by atoms with Crippen LogP contribution in [0.4, 0.5) is 0 Å². The maximum atomic E-state index is 12.1. The molecule has 4 nitrogen and oxygen atoms in total. The molecule has 0 aromatic carbocycles. The summed E-state index contributed by atoms with van der Waals surface area (Å²) in [4.78, 5) is 0. The van der Waals surface area contributed by atoms with E-state index in [2.05, 4.69) is 17.7 Å². The molecular weight excluding hydrogens is 248 g/mol. The Balaban J connectivity index is 4.84. The molecule has 0 spiro atoms. The average Bonchev–Trinajstić information content (AvgIpc) is 2.38. The first-order valence-electron chi connectivity index (χ1n) is 6.84. The van der Waals surface area contributed by atoms with Crippen molar-refractivity contribution in [1.29, 1.82) is 5.26 Å². The Hall–Kier alpha value is -0.600. The van der Waals surface area contributed by atoms with Gasteiger partial charge in [0.15, 0.2) is 4.75 Å². The molecule has 0 saturated carbocycles. The highest BCUT2D eigenvalue weighted by atomic mass is 32.2. The second kappa shape index (κ2) is 8.49. The molecule has 0 saturated heterocycles. The lowest BCUT2D eigenvalue weighted by molar-refractivity contribution is 0.476. The topological polar surface area (TPSA) is 70.0 Å². The summed E-state index contributed by atoms with van der Waals surface area (Å²) in [6.07, 6.45) is 6.52.